The quantitative estimate of drug-likeness (QED) is 0.863. The summed E-state index contributed by atoms with van der Waals surface area (Å²) in [7, 11) is 1.46. The van der Waals surface area contributed by atoms with Crippen LogP contribution in [0.3, 0.4) is 0 Å². The highest BCUT2D eigenvalue weighted by Gasteiger charge is 2.28. The molecule has 1 N–H and O–H groups in total. The summed E-state index contributed by atoms with van der Waals surface area (Å²) in [6.07, 6.45) is 0. The highest BCUT2D eigenvalue weighted by Crippen LogP contribution is 2.29. The molecule has 0 aliphatic heterocycles. The van der Waals surface area contributed by atoms with Gasteiger partial charge in [0.25, 0.3) is 0 Å². The highest BCUT2D eigenvalue weighted by atomic mass is 16.5. The fourth-order valence-corrected chi connectivity index (χ4v) is 1.18. The summed E-state index contributed by atoms with van der Waals surface area (Å²) in [5, 5.41) is 17.7. The van der Waals surface area contributed by atoms with Crippen molar-refractivity contribution in [2.24, 2.45) is 5.41 Å². The van der Waals surface area contributed by atoms with Crippen LogP contribution in [0.4, 0.5) is 0 Å². The molecule has 0 radical (unpaired) electrons. The molecule has 0 aromatic heterocycles. The van der Waals surface area contributed by atoms with Crippen molar-refractivity contribution < 1.29 is 19.4 Å². The molecule has 5 nitrogen and oxygen atoms in total. The topological polar surface area (TPSA) is 79.5 Å². The molecule has 1 rings (SSSR count). The molecule has 18 heavy (non-hydrogen) atoms. The van der Waals surface area contributed by atoms with Crippen molar-refractivity contribution in [1.82, 2.24) is 0 Å². The summed E-state index contributed by atoms with van der Waals surface area (Å²) in [5.74, 6) is -0.101. The third-order valence-corrected chi connectivity index (χ3v) is 2.46. The normalized spacial score (nSPS) is 10.6. The van der Waals surface area contributed by atoms with Gasteiger partial charge in [0.2, 0.25) is 0 Å². The van der Waals surface area contributed by atoms with Gasteiger partial charge in [-0.1, -0.05) is 0 Å². The lowest BCUT2D eigenvalue weighted by atomic mass is 9.95. The second kappa shape index (κ2) is 5.41. The summed E-state index contributed by atoms with van der Waals surface area (Å²) in [6, 6.07) is 6.72. The van der Waals surface area contributed by atoms with Crippen molar-refractivity contribution in [2.45, 2.75) is 13.8 Å². The number of rotatable bonds is 5. The Kier molecular flexibility index (Phi) is 4.16. The Balaban J connectivity index is 2.86. The van der Waals surface area contributed by atoms with Crippen molar-refractivity contribution >= 4 is 5.97 Å². The average Bonchev–Trinajstić information content (AvgIpc) is 2.35. The molecule has 5 heteroatoms. The smallest absolute Gasteiger partial charge is 0.312 e. The molecule has 0 aliphatic rings. The molecule has 0 aliphatic carbocycles. The van der Waals surface area contributed by atoms with Crippen LogP contribution in [0.15, 0.2) is 18.2 Å². The number of nitriles is 1. The fourth-order valence-electron chi connectivity index (χ4n) is 1.18. The number of aliphatic carboxylic acids is 1. The molecule has 0 saturated heterocycles. The van der Waals surface area contributed by atoms with Crippen LogP contribution in [0.2, 0.25) is 0 Å². The third-order valence-electron chi connectivity index (χ3n) is 2.46. The maximum Gasteiger partial charge on any atom is 0.312 e. The van der Waals surface area contributed by atoms with E-state index in [2.05, 4.69) is 0 Å². The fraction of sp³-hybridized carbons (Fsp3) is 0.385. The molecule has 0 atom stereocenters. The number of carboxylic acids is 1. The summed E-state index contributed by atoms with van der Waals surface area (Å²) >= 11 is 0. The van der Waals surface area contributed by atoms with E-state index in [9.17, 15) is 4.79 Å². The van der Waals surface area contributed by atoms with E-state index in [1.807, 2.05) is 6.07 Å². The Hall–Kier alpha value is -2.22. The van der Waals surface area contributed by atoms with E-state index >= 15 is 0 Å². The summed E-state index contributed by atoms with van der Waals surface area (Å²) < 4.78 is 10.5. The number of methoxy groups -OCH3 is 1. The molecule has 0 heterocycles. The minimum atomic E-state index is -0.987. The zero-order valence-electron chi connectivity index (χ0n) is 10.6. The first kappa shape index (κ1) is 13.8. The van der Waals surface area contributed by atoms with Gasteiger partial charge < -0.3 is 14.6 Å². The Bertz CT molecular complexity index is 488. The molecule has 0 amide bonds. The Morgan fingerprint density at radius 1 is 1.44 bits per heavy atom. The predicted octanol–water partition coefficient (Wildman–Crippen LogP) is 2.06. The van der Waals surface area contributed by atoms with E-state index in [-0.39, 0.29) is 6.61 Å². The standard InChI is InChI=1S/C13H15NO4/c1-13(2,12(15)16)8-18-10-5-4-9(7-14)6-11(10)17-3/h4-6H,8H2,1-3H3,(H,15,16). The Labute approximate surface area is 106 Å². The number of hydrogen-bond acceptors (Lipinski definition) is 4. The van der Waals surface area contributed by atoms with Crippen LogP contribution in [-0.4, -0.2) is 24.8 Å². The first-order valence-corrected chi connectivity index (χ1v) is 5.35. The van der Waals surface area contributed by atoms with Gasteiger partial charge in [0.1, 0.15) is 6.61 Å². The molecule has 96 valence electrons. The van der Waals surface area contributed by atoms with E-state index in [0.717, 1.165) is 0 Å². The van der Waals surface area contributed by atoms with E-state index in [4.69, 9.17) is 19.8 Å². The summed E-state index contributed by atoms with van der Waals surface area (Å²) in [6.45, 7) is 3.17. The van der Waals surface area contributed by atoms with Crippen molar-refractivity contribution in [3.05, 3.63) is 23.8 Å². The summed E-state index contributed by atoms with van der Waals surface area (Å²) in [5.41, 5.74) is -0.532. The minimum Gasteiger partial charge on any atom is -0.493 e. The van der Waals surface area contributed by atoms with Crippen LogP contribution in [0.25, 0.3) is 0 Å². The molecule has 0 fully saturated rings. The SMILES string of the molecule is COc1cc(C#N)ccc1OCC(C)(C)C(=O)O. The Morgan fingerprint density at radius 2 is 2.11 bits per heavy atom. The molecular weight excluding hydrogens is 234 g/mol. The minimum absolute atomic E-state index is 0.0184. The van der Waals surface area contributed by atoms with E-state index < -0.39 is 11.4 Å². The van der Waals surface area contributed by atoms with Gasteiger partial charge in [-0.3, -0.25) is 4.79 Å². The highest BCUT2D eigenvalue weighted by molar-refractivity contribution is 5.73. The van der Waals surface area contributed by atoms with Crippen LogP contribution in [0.5, 0.6) is 11.5 Å². The van der Waals surface area contributed by atoms with Gasteiger partial charge in [-0.05, 0) is 26.0 Å². The maximum absolute atomic E-state index is 10.9. The molecular formula is C13H15NO4. The monoisotopic (exact) mass is 249 g/mol. The number of benzene rings is 1. The van der Waals surface area contributed by atoms with E-state index in [0.29, 0.717) is 17.1 Å². The number of carboxylic acid groups (broad SMARTS) is 1. The largest absolute Gasteiger partial charge is 0.493 e. The molecule has 1 aromatic carbocycles. The van der Waals surface area contributed by atoms with E-state index in [1.54, 1.807) is 32.0 Å². The van der Waals surface area contributed by atoms with Crippen LogP contribution >= 0.6 is 0 Å². The second-order valence-electron chi connectivity index (χ2n) is 4.46. The maximum atomic E-state index is 10.9. The van der Waals surface area contributed by atoms with Gasteiger partial charge in [0.05, 0.1) is 24.2 Å². The van der Waals surface area contributed by atoms with Crippen LogP contribution in [0.1, 0.15) is 19.4 Å². The summed E-state index contributed by atoms with van der Waals surface area (Å²) in [4.78, 5) is 10.9. The number of ether oxygens (including phenoxy) is 2. The lowest BCUT2D eigenvalue weighted by Crippen LogP contribution is -2.30. The number of carbonyl (C=O) groups is 1. The predicted molar refractivity (Wildman–Crippen MR) is 64.6 cm³/mol. The zero-order valence-corrected chi connectivity index (χ0v) is 10.6. The first-order chi connectivity index (χ1) is 8.40. The Morgan fingerprint density at radius 3 is 2.61 bits per heavy atom. The van der Waals surface area contributed by atoms with Crippen molar-refractivity contribution in [3.8, 4) is 17.6 Å². The lowest BCUT2D eigenvalue weighted by Gasteiger charge is -2.20. The van der Waals surface area contributed by atoms with Crippen LogP contribution in [-0.2, 0) is 4.79 Å². The van der Waals surface area contributed by atoms with Crippen LogP contribution < -0.4 is 9.47 Å². The van der Waals surface area contributed by atoms with Gasteiger partial charge in [-0.25, -0.2) is 0 Å². The van der Waals surface area contributed by atoms with Crippen molar-refractivity contribution in [2.75, 3.05) is 13.7 Å². The number of hydrogen-bond donors (Lipinski definition) is 1. The second-order valence-corrected chi connectivity index (χ2v) is 4.46. The molecule has 0 saturated carbocycles. The van der Waals surface area contributed by atoms with Gasteiger partial charge in [-0.15, -0.1) is 0 Å². The van der Waals surface area contributed by atoms with Gasteiger partial charge in [0, 0.05) is 6.07 Å². The molecule has 0 spiro atoms. The zero-order chi connectivity index (χ0) is 13.8. The average molecular weight is 249 g/mol. The van der Waals surface area contributed by atoms with Gasteiger partial charge in [0.15, 0.2) is 11.5 Å². The third kappa shape index (κ3) is 3.14. The first-order valence-electron chi connectivity index (χ1n) is 5.35. The van der Waals surface area contributed by atoms with Gasteiger partial charge >= 0.3 is 5.97 Å². The van der Waals surface area contributed by atoms with Crippen LogP contribution in [0, 0.1) is 16.7 Å². The van der Waals surface area contributed by atoms with Gasteiger partial charge in [-0.2, -0.15) is 5.26 Å². The van der Waals surface area contributed by atoms with Crippen molar-refractivity contribution in [3.63, 3.8) is 0 Å². The van der Waals surface area contributed by atoms with E-state index in [1.165, 1.54) is 7.11 Å². The molecule has 1 aromatic rings. The number of nitrogens with zero attached hydrogens (tertiary/aromatic N) is 1. The lowest BCUT2D eigenvalue weighted by molar-refractivity contribution is -0.148. The molecule has 0 bridgehead atoms. The van der Waals surface area contributed by atoms with Crippen molar-refractivity contribution in [1.29, 1.82) is 5.26 Å². The molecule has 0 unspecified atom stereocenters.